The molecule has 17 heavy (non-hydrogen) atoms. The first-order chi connectivity index (χ1) is 8.06. The molecule has 0 radical (unpaired) electrons. The molecule has 4 atom stereocenters. The van der Waals surface area contributed by atoms with E-state index in [0.717, 1.165) is 36.8 Å². The largest absolute Gasteiger partial charge is 0.294 e. The van der Waals surface area contributed by atoms with Crippen molar-refractivity contribution in [2.24, 2.45) is 33.7 Å². The van der Waals surface area contributed by atoms with Crippen LogP contribution in [-0.4, -0.2) is 24.5 Å². The van der Waals surface area contributed by atoms with E-state index in [4.69, 9.17) is 0 Å². The van der Waals surface area contributed by atoms with Gasteiger partial charge in [-0.25, -0.2) is 0 Å². The van der Waals surface area contributed by atoms with E-state index in [-0.39, 0.29) is 0 Å². The zero-order valence-electron chi connectivity index (χ0n) is 11.7. The summed E-state index contributed by atoms with van der Waals surface area (Å²) in [4.78, 5) is 9.23. The van der Waals surface area contributed by atoms with E-state index in [9.17, 15) is 0 Å². The highest BCUT2D eigenvalue weighted by molar-refractivity contribution is 5.79. The van der Waals surface area contributed by atoms with Gasteiger partial charge >= 0.3 is 0 Å². The van der Waals surface area contributed by atoms with Gasteiger partial charge in [0.1, 0.15) is 0 Å². The summed E-state index contributed by atoms with van der Waals surface area (Å²) < 4.78 is 0. The van der Waals surface area contributed by atoms with Crippen molar-refractivity contribution in [3.8, 4) is 0 Å². The van der Waals surface area contributed by atoms with Gasteiger partial charge in [-0.3, -0.25) is 9.98 Å². The Balaban J connectivity index is 1.83. The molecule has 2 saturated carbocycles. The molecule has 2 aliphatic rings. The van der Waals surface area contributed by atoms with Gasteiger partial charge in [0, 0.05) is 24.5 Å². The summed E-state index contributed by atoms with van der Waals surface area (Å²) in [6.45, 7) is 10.6. The highest BCUT2D eigenvalue weighted by Gasteiger charge is 2.45. The molecule has 2 fully saturated rings. The first-order valence-electron chi connectivity index (χ1n) is 7.01. The second-order valence-corrected chi connectivity index (χ2v) is 6.32. The maximum atomic E-state index is 4.61. The van der Waals surface area contributed by atoms with E-state index in [2.05, 4.69) is 37.7 Å². The Hall–Kier alpha value is -0.660. The van der Waals surface area contributed by atoms with Crippen LogP contribution >= 0.6 is 0 Å². The molecule has 0 amide bonds. The molecule has 96 valence electrons. The first kappa shape index (κ1) is 12.8. The van der Waals surface area contributed by atoms with Crippen molar-refractivity contribution >= 4 is 11.4 Å². The zero-order chi connectivity index (χ0) is 12.4. The fourth-order valence-electron chi connectivity index (χ4n) is 3.56. The Bertz CT molecular complexity index is 290. The second-order valence-electron chi connectivity index (χ2n) is 6.32. The fourth-order valence-corrected chi connectivity index (χ4v) is 3.56. The quantitative estimate of drug-likeness (QED) is 0.664. The smallest absolute Gasteiger partial charge is 0.0419 e. The lowest BCUT2D eigenvalue weighted by atomic mass is 9.82. The Kier molecular flexibility index (Phi) is 4.01. The Morgan fingerprint density at radius 3 is 1.47 bits per heavy atom. The van der Waals surface area contributed by atoms with Crippen LogP contribution < -0.4 is 0 Å². The summed E-state index contributed by atoms with van der Waals surface area (Å²) in [5.41, 5.74) is 2.46. The van der Waals surface area contributed by atoms with Crippen LogP contribution in [0.15, 0.2) is 9.98 Å². The van der Waals surface area contributed by atoms with Crippen molar-refractivity contribution in [1.82, 2.24) is 0 Å². The average molecular weight is 234 g/mol. The summed E-state index contributed by atoms with van der Waals surface area (Å²) in [5, 5.41) is 0. The van der Waals surface area contributed by atoms with E-state index >= 15 is 0 Å². The molecule has 0 heterocycles. The highest BCUT2D eigenvalue weighted by atomic mass is 14.8. The first-order valence-corrected chi connectivity index (χ1v) is 7.01. The Labute approximate surface area is 106 Å². The van der Waals surface area contributed by atoms with E-state index in [1.807, 2.05) is 0 Å². The molecule has 0 saturated heterocycles. The molecule has 0 aromatic rings. The minimum atomic E-state index is 0.873. The maximum Gasteiger partial charge on any atom is 0.0419 e. The third kappa shape index (κ3) is 3.17. The number of nitrogens with zero attached hydrogens (tertiary/aromatic N) is 2. The van der Waals surface area contributed by atoms with Gasteiger partial charge in [-0.05, 0) is 70.6 Å². The van der Waals surface area contributed by atoms with Gasteiger partial charge in [0.05, 0.1) is 0 Å². The number of hydrogen-bond acceptors (Lipinski definition) is 2. The third-order valence-corrected chi connectivity index (χ3v) is 4.43. The lowest BCUT2D eigenvalue weighted by molar-refractivity contribution is 0.268. The molecular weight excluding hydrogens is 208 g/mol. The third-order valence-electron chi connectivity index (χ3n) is 4.43. The van der Waals surface area contributed by atoms with Crippen LogP contribution in [0.2, 0.25) is 0 Å². The van der Waals surface area contributed by atoms with Crippen LogP contribution in [-0.2, 0) is 0 Å². The van der Waals surface area contributed by atoms with Gasteiger partial charge in [0.2, 0.25) is 0 Å². The molecule has 2 bridgehead atoms. The van der Waals surface area contributed by atoms with Gasteiger partial charge in [-0.1, -0.05) is 0 Å². The molecule has 2 aliphatic carbocycles. The van der Waals surface area contributed by atoms with Gasteiger partial charge in [0.25, 0.3) is 0 Å². The number of aliphatic imine (C=N–C) groups is 2. The second kappa shape index (κ2) is 5.32. The van der Waals surface area contributed by atoms with E-state index in [1.165, 1.54) is 30.7 Å². The molecule has 4 unspecified atom stereocenters. The standard InChI is InChI=1S/C15H26N2/c1-10(2)16-8-14-6-13-5-12(14)7-15(13)9-17-11(3)4/h12-15H,5-9H2,1-4H3. The molecule has 0 aliphatic heterocycles. The molecule has 0 aromatic heterocycles. The molecule has 2 rings (SSSR count). The summed E-state index contributed by atoms with van der Waals surface area (Å²) >= 11 is 0. The predicted octanol–water partition coefficient (Wildman–Crippen LogP) is 3.61. The molecule has 0 N–H and O–H groups in total. The lowest BCUT2D eigenvalue weighted by Gasteiger charge is -2.26. The van der Waals surface area contributed by atoms with Gasteiger partial charge < -0.3 is 0 Å². The van der Waals surface area contributed by atoms with Gasteiger partial charge in [-0.2, -0.15) is 0 Å². The average Bonchev–Trinajstić information content (AvgIpc) is 2.82. The van der Waals surface area contributed by atoms with Crippen LogP contribution in [0.25, 0.3) is 0 Å². The van der Waals surface area contributed by atoms with Crippen molar-refractivity contribution in [2.45, 2.75) is 47.0 Å². The molecule has 0 aromatic carbocycles. The molecule has 2 nitrogen and oxygen atoms in total. The van der Waals surface area contributed by atoms with Gasteiger partial charge in [-0.15, -0.1) is 0 Å². The topological polar surface area (TPSA) is 24.7 Å². The SMILES string of the molecule is CC(C)=NCC1CC2CC1CC2CN=C(C)C. The Morgan fingerprint density at radius 1 is 0.765 bits per heavy atom. The van der Waals surface area contributed by atoms with E-state index in [1.54, 1.807) is 0 Å². The van der Waals surface area contributed by atoms with Crippen molar-refractivity contribution in [1.29, 1.82) is 0 Å². The fraction of sp³-hybridized carbons (Fsp3) is 0.867. The van der Waals surface area contributed by atoms with Crippen molar-refractivity contribution < 1.29 is 0 Å². The summed E-state index contributed by atoms with van der Waals surface area (Å²) in [5.74, 6) is 3.64. The summed E-state index contributed by atoms with van der Waals surface area (Å²) in [6.07, 6.45) is 4.26. The van der Waals surface area contributed by atoms with Crippen LogP contribution in [0.5, 0.6) is 0 Å². The van der Waals surface area contributed by atoms with E-state index in [0.29, 0.717) is 0 Å². The Morgan fingerprint density at radius 2 is 1.18 bits per heavy atom. The summed E-state index contributed by atoms with van der Waals surface area (Å²) in [6, 6.07) is 0. The monoisotopic (exact) mass is 234 g/mol. The minimum Gasteiger partial charge on any atom is -0.294 e. The van der Waals surface area contributed by atoms with Gasteiger partial charge in [0.15, 0.2) is 0 Å². The van der Waals surface area contributed by atoms with Crippen LogP contribution in [0, 0.1) is 23.7 Å². The van der Waals surface area contributed by atoms with Crippen molar-refractivity contribution in [2.75, 3.05) is 13.1 Å². The lowest BCUT2D eigenvalue weighted by Crippen LogP contribution is -2.22. The summed E-state index contributed by atoms with van der Waals surface area (Å²) in [7, 11) is 0. The van der Waals surface area contributed by atoms with Crippen LogP contribution in [0.4, 0.5) is 0 Å². The molecular formula is C15H26N2. The maximum absolute atomic E-state index is 4.61. The predicted molar refractivity (Wildman–Crippen MR) is 75.1 cm³/mol. The number of fused-ring (bicyclic) bond motifs is 2. The number of hydrogen-bond donors (Lipinski definition) is 0. The highest BCUT2D eigenvalue weighted by Crippen LogP contribution is 2.51. The molecule has 0 spiro atoms. The normalized spacial score (nSPS) is 34.8. The van der Waals surface area contributed by atoms with Crippen LogP contribution in [0.3, 0.4) is 0 Å². The van der Waals surface area contributed by atoms with Crippen molar-refractivity contribution in [3.05, 3.63) is 0 Å². The van der Waals surface area contributed by atoms with Crippen LogP contribution in [0.1, 0.15) is 47.0 Å². The molecule has 2 heteroatoms. The van der Waals surface area contributed by atoms with Crippen molar-refractivity contribution in [3.63, 3.8) is 0 Å². The number of rotatable bonds is 4. The van der Waals surface area contributed by atoms with E-state index < -0.39 is 0 Å². The zero-order valence-corrected chi connectivity index (χ0v) is 11.7. The minimum absolute atomic E-state index is 0.873.